The fraction of sp³-hybridized carbons (Fsp3) is 0.174. The van der Waals surface area contributed by atoms with Crippen LogP contribution in [0, 0.1) is 0 Å². The fourth-order valence-electron chi connectivity index (χ4n) is 2.71. The molecule has 3 rings (SSSR count). The number of nitrogens with zero attached hydrogens (tertiary/aromatic N) is 1. The Morgan fingerprint density at radius 2 is 1.79 bits per heavy atom. The zero-order valence-corrected chi connectivity index (χ0v) is 19.2. The van der Waals surface area contributed by atoms with Crippen molar-refractivity contribution in [3.8, 4) is 11.5 Å². The van der Waals surface area contributed by atoms with Gasteiger partial charge in [-0.15, -0.1) is 0 Å². The highest BCUT2D eigenvalue weighted by atomic mass is 79.9. The van der Waals surface area contributed by atoms with Crippen LogP contribution in [0.4, 0.5) is 5.69 Å². The monoisotopic (exact) mass is 491 g/mol. The lowest BCUT2D eigenvalue weighted by Gasteiger charge is -2.14. The molecule has 0 aliphatic heterocycles. The lowest BCUT2D eigenvalue weighted by Crippen LogP contribution is -2.00. The second-order valence-electron chi connectivity index (χ2n) is 6.34. The lowest BCUT2D eigenvalue weighted by atomic mass is 10.1. The summed E-state index contributed by atoms with van der Waals surface area (Å²) in [5.74, 6) is 1.20. The first-order chi connectivity index (χ1) is 14.0. The minimum Gasteiger partial charge on any atom is -0.493 e. The number of ether oxygens (including phenoxy) is 2. The minimum absolute atomic E-state index is 0.294. The standard InChI is InChI=1S/C23H20BrCl2NO2/c1-3-15-4-8-19(9-5-15)27-13-16-10-20(24)23(22(11-16)28-2)29-14-17-6-7-18(25)12-21(17)26/h4-13H,3,14H2,1-2H3. The molecule has 0 saturated carbocycles. The van der Waals surface area contributed by atoms with E-state index in [2.05, 4.69) is 40.0 Å². The Hall–Kier alpha value is -2.01. The summed E-state index contributed by atoms with van der Waals surface area (Å²) < 4.78 is 12.2. The maximum Gasteiger partial charge on any atom is 0.175 e. The summed E-state index contributed by atoms with van der Waals surface area (Å²) >= 11 is 15.7. The van der Waals surface area contributed by atoms with E-state index in [-0.39, 0.29) is 0 Å². The Bertz CT molecular complexity index is 1020. The normalized spacial score (nSPS) is 11.1. The van der Waals surface area contributed by atoms with Gasteiger partial charge in [-0.1, -0.05) is 48.3 Å². The van der Waals surface area contributed by atoms with Crippen molar-refractivity contribution in [2.75, 3.05) is 7.11 Å². The minimum atomic E-state index is 0.294. The van der Waals surface area contributed by atoms with Crippen molar-refractivity contribution in [1.29, 1.82) is 0 Å². The maximum atomic E-state index is 6.23. The molecule has 0 aromatic heterocycles. The Labute approximate surface area is 189 Å². The summed E-state index contributed by atoms with van der Waals surface area (Å²) in [5, 5.41) is 1.15. The Kier molecular flexibility index (Phi) is 7.59. The third kappa shape index (κ3) is 5.75. The van der Waals surface area contributed by atoms with Crippen molar-refractivity contribution in [2.45, 2.75) is 20.0 Å². The van der Waals surface area contributed by atoms with Crippen LogP contribution < -0.4 is 9.47 Å². The van der Waals surface area contributed by atoms with Gasteiger partial charge in [-0.2, -0.15) is 0 Å². The lowest BCUT2D eigenvalue weighted by molar-refractivity contribution is 0.282. The number of aliphatic imine (C=N–C) groups is 1. The molecule has 0 amide bonds. The Morgan fingerprint density at radius 3 is 2.45 bits per heavy atom. The molecule has 150 valence electrons. The van der Waals surface area contributed by atoms with E-state index in [4.69, 9.17) is 32.7 Å². The van der Waals surface area contributed by atoms with Crippen LogP contribution in [0.5, 0.6) is 11.5 Å². The first kappa shape index (κ1) is 21.7. The Balaban J connectivity index is 1.78. The van der Waals surface area contributed by atoms with Gasteiger partial charge in [0, 0.05) is 21.8 Å². The molecule has 29 heavy (non-hydrogen) atoms. The summed E-state index contributed by atoms with van der Waals surface area (Å²) in [6.07, 6.45) is 2.81. The third-order valence-corrected chi connectivity index (χ3v) is 5.52. The number of methoxy groups -OCH3 is 1. The quantitative estimate of drug-likeness (QED) is 0.317. The van der Waals surface area contributed by atoms with Crippen molar-refractivity contribution in [2.24, 2.45) is 4.99 Å². The number of halogens is 3. The van der Waals surface area contributed by atoms with Gasteiger partial charge in [-0.3, -0.25) is 4.99 Å². The largest absolute Gasteiger partial charge is 0.493 e. The van der Waals surface area contributed by atoms with E-state index >= 15 is 0 Å². The molecule has 0 bridgehead atoms. The van der Waals surface area contributed by atoms with E-state index in [1.165, 1.54) is 5.56 Å². The zero-order valence-electron chi connectivity index (χ0n) is 16.1. The van der Waals surface area contributed by atoms with Crippen molar-refractivity contribution >= 4 is 51.0 Å². The molecule has 0 N–H and O–H groups in total. The highest BCUT2D eigenvalue weighted by molar-refractivity contribution is 9.10. The zero-order chi connectivity index (χ0) is 20.8. The molecule has 0 spiro atoms. The molecule has 3 aromatic rings. The number of hydrogen-bond acceptors (Lipinski definition) is 3. The van der Waals surface area contributed by atoms with Crippen LogP contribution >= 0.6 is 39.1 Å². The van der Waals surface area contributed by atoms with Gasteiger partial charge in [0.1, 0.15) is 6.61 Å². The molecule has 0 aliphatic carbocycles. The van der Waals surface area contributed by atoms with Gasteiger partial charge >= 0.3 is 0 Å². The maximum absolute atomic E-state index is 6.23. The molecular formula is C23H20BrCl2NO2. The number of hydrogen-bond donors (Lipinski definition) is 0. The highest BCUT2D eigenvalue weighted by Gasteiger charge is 2.12. The van der Waals surface area contributed by atoms with E-state index in [1.54, 1.807) is 25.5 Å². The molecule has 3 nitrogen and oxygen atoms in total. The van der Waals surface area contributed by atoms with Crippen LogP contribution in [0.2, 0.25) is 10.0 Å². The van der Waals surface area contributed by atoms with E-state index in [0.717, 1.165) is 27.7 Å². The summed E-state index contributed by atoms with van der Waals surface area (Å²) in [7, 11) is 1.61. The van der Waals surface area contributed by atoms with Gasteiger partial charge in [0.25, 0.3) is 0 Å². The van der Waals surface area contributed by atoms with E-state index < -0.39 is 0 Å². The van der Waals surface area contributed by atoms with Crippen LogP contribution in [0.25, 0.3) is 0 Å². The van der Waals surface area contributed by atoms with Crippen LogP contribution in [0.1, 0.15) is 23.6 Å². The van der Waals surface area contributed by atoms with Gasteiger partial charge in [0.05, 0.1) is 17.3 Å². The van der Waals surface area contributed by atoms with E-state index in [1.807, 2.05) is 30.3 Å². The molecule has 0 atom stereocenters. The molecule has 0 aliphatic rings. The topological polar surface area (TPSA) is 30.8 Å². The van der Waals surface area contributed by atoms with E-state index in [9.17, 15) is 0 Å². The predicted molar refractivity (Wildman–Crippen MR) is 125 cm³/mol. The average molecular weight is 493 g/mol. The number of rotatable bonds is 7. The summed E-state index contributed by atoms with van der Waals surface area (Å²) in [6, 6.07) is 17.3. The van der Waals surface area contributed by atoms with Crippen LogP contribution in [-0.2, 0) is 13.0 Å². The van der Waals surface area contributed by atoms with Crippen LogP contribution in [-0.4, -0.2) is 13.3 Å². The van der Waals surface area contributed by atoms with Crippen molar-refractivity contribution in [3.05, 3.63) is 85.8 Å². The smallest absolute Gasteiger partial charge is 0.175 e. The van der Waals surface area contributed by atoms with Crippen LogP contribution in [0.3, 0.4) is 0 Å². The molecule has 0 radical (unpaired) electrons. The Morgan fingerprint density at radius 1 is 1.03 bits per heavy atom. The highest BCUT2D eigenvalue weighted by Crippen LogP contribution is 2.37. The molecule has 3 aromatic carbocycles. The van der Waals surface area contributed by atoms with Crippen molar-refractivity contribution in [1.82, 2.24) is 0 Å². The number of benzene rings is 3. The van der Waals surface area contributed by atoms with Crippen molar-refractivity contribution < 1.29 is 9.47 Å². The van der Waals surface area contributed by atoms with E-state index in [0.29, 0.717) is 28.2 Å². The molecule has 6 heteroatoms. The second-order valence-corrected chi connectivity index (χ2v) is 8.03. The molecule has 0 unspecified atom stereocenters. The molecule has 0 saturated heterocycles. The van der Waals surface area contributed by atoms with Gasteiger partial charge in [-0.05, 0) is 69.9 Å². The summed E-state index contributed by atoms with van der Waals surface area (Å²) in [4.78, 5) is 4.54. The number of aryl methyl sites for hydroxylation is 1. The predicted octanol–water partition coefficient (Wildman–Crippen LogP) is 7.66. The second kappa shape index (κ2) is 10.1. The van der Waals surface area contributed by atoms with Gasteiger partial charge < -0.3 is 9.47 Å². The molecule has 0 fully saturated rings. The van der Waals surface area contributed by atoms with Gasteiger partial charge in [-0.25, -0.2) is 0 Å². The van der Waals surface area contributed by atoms with Gasteiger partial charge in [0.15, 0.2) is 11.5 Å². The molecule has 0 heterocycles. The third-order valence-electron chi connectivity index (χ3n) is 4.35. The SMILES string of the molecule is CCc1ccc(N=Cc2cc(Br)c(OCc3ccc(Cl)cc3Cl)c(OC)c2)cc1. The van der Waals surface area contributed by atoms with Crippen molar-refractivity contribution in [3.63, 3.8) is 0 Å². The first-order valence-corrected chi connectivity index (χ1v) is 10.6. The van der Waals surface area contributed by atoms with Gasteiger partial charge in [0.2, 0.25) is 0 Å². The molecular weight excluding hydrogens is 473 g/mol. The summed E-state index contributed by atoms with van der Waals surface area (Å²) in [5.41, 5.74) is 3.92. The van der Waals surface area contributed by atoms with Crippen LogP contribution in [0.15, 0.2) is 64.1 Å². The fourth-order valence-corrected chi connectivity index (χ4v) is 3.75. The average Bonchev–Trinajstić information content (AvgIpc) is 2.72. The first-order valence-electron chi connectivity index (χ1n) is 9.07. The summed E-state index contributed by atoms with van der Waals surface area (Å²) in [6.45, 7) is 2.43.